The van der Waals surface area contributed by atoms with Gasteiger partial charge in [-0.1, -0.05) is 23.2 Å². The Kier molecular flexibility index (Phi) is 7.97. The monoisotopic (exact) mass is 558 g/mol. The molecule has 1 heterocycles. The van der Waals surface area contributed by atoms with Gasteiger partial charge in [-0.15, -0.1) is 13.2 Å². The van der Waals surface area contributed by atoms with E-state index in [0.717, 1.165) is 30.9 Å². The summed E-state index contributed by atoms with van der Waals surface area (Å²) in [5, 5.41) is -0.328. The number of benzene rings is 2. The van der Waals surface area contributed by atoms with Gasteiger partial charge in [0.1, 0.15) is 23.4 Å². The van der Waals surface area contributed by atoms with E-state index < -0.39 is 45.5 Å². The van der Waals surface area contributed by atoms with E-state index in [1.807, 2.05) is 4.90 Å². The minimum Gasteiger partial charge on any atom is -0.487 e. The topological polar surface area (TPSA) is 84.9 Å². The molecule has 2 atom stereocenters. The minimum atomic E-state index is -4.88. The molecule has 192 valence electrons. The van der Waals surface area contributed by atoms with Gasteiger partial charge in [0.05, 0.1) is 27.9 Å². The molecular formula is C21H20Cl2F4N2O5S. The van der Waals surface area contributed by atoms with Crippen LogP contribution in [-0.2, 0) is 10.0 Å². The molecule has 0 aromatic heterocycles. The largest absolute Gasteiger partial charge is 0.573 e. The zero-order valence-electron chi connectivity index (χ0n) is 18.3. The number of anilines is 1. The van der Waals surface area contributed by atoms with Gasteiger partial charge in [0, 0.05) is 18.3 Å². The highest BCUT2D eigenvalue weighted by atomic mass is 35.5. The quantitative estimate of drug-likeness (QED) is 0.473. The lowest BCUT2D eigenvalue weighted by Gasteiger charge is -2.32. The minimum absolute atomic E-state index is 0.0635. The Morgan fingerprint density at radius 2 is 1.83 bits per heavy atom. The molecule has 0 aliphatic carbocycles. The number of carbonyl (C=O) groups excluding carboxylic acids is 1. The first-order valence-corrected chi connectivity index (χ1v) is 12.8. The molecule has 1 aliphatic rings. The van der Waals surface area contributed by atoms with Gasteiger partial charge in [0.25, 0.3) is 5.91 Å². The molecule has 1 amide bonds. The van der Waals surface area contributed by atoms with Crippen molar-refractivity contribution in [1.29, 1.82) is 0 Å². The Morgan fingerprint density at radius 1 is 1.17 bits per heavy atom. The molecule has 1 saturated heterocycles. The van der Waals surface area contributed by atoms with Crippen LogP contribution >= 0.6 is 23.2 Å². The summed E-state index contributed by atoms with van der Waals surface area (Å²) in [7, 11) is -3.91. The van der Waals surface area contributed by atoms with Crippen LogP contribution in [0.4, 0.5) is 23.2 Å². The van der Waals surface area contributed by atoms with Crippen molar-refractivity contribution in [1.82, 2.24) is 4.72 Å². The number of halogens is 6. The Hall–Kier alpha value is -2.44. The zero-order valence-corrected chi connectivity index (χ0v) is 20.7. The summed E-state index contributed by atoms with van der Waals surface area (Å²) < 4.78 is 85.9. The van der Waals surface area contributed by atoms with Gasteiger partial charge in [-0.3, -0.25) is 4.79 Å². The third kappa shape index (κ3) is 7.05. The Labute approximate surface area is 208 Å². The molecular weight excluding hydrogens is 539 g/mol. The van der Waals surface area contributed by atoms with E-state index in [1.54, 1.807) is 11.6 Å². The van der Waals surface area contributed by atoms with Crippen molar-refractivity contribution >= 4 is 44.8 Å². The van der Waals surface area contributed by atoms with Crippen molar-refractivity contribution in [2.24, 2.45) is 0 Å². The smallest absolute Gasteiger partial charge is 0.487 e. The fourth-order valence-corrected chi connectivity index (χ4v) is 4.64. The van der Waals surface area contributed by atoms with E-state index in [0.29, 0.717) is 18.7 Å². The molecule has 2 aromatic rings. The van der Waals surface area contributed by atoms with Gasteiger partial charge in [0.2, 0.25) is 10.0 Å². The van der Waals surface area contributed by atoms with E-state index in [-0.39, 0.29) is 21.8 Å². The molecule has 1 aliphatic heterocycles. The number of hydrogen-bond donors (Lipinski definition) is 1. The first kappa shape index (κ1) is 27.2. The number of nitrogens with zero attached hydrogens (tertiary/aromatic N) is 1. The fraction of sp³-hybridized carbons (Fsp3) is 0.381. The van der Waals surface area contributed by atoms with Gasteiger partial charge < -0.3 is 14.4 Å². The van der Waals surface area contributed by atoms with Crippen molar-refractivity contribution in [3.63, 3.8) is 0 Å². The third-order valence-corrected chi connectivity index (χ3v) is 6.32. The highest BCUT2D eigenvalue weighted by molar-refractivity contribution is 7.89. The van der Waals surface area contributed by atoms with Crippen LogP contribution in [0.25, 0.3) is 0 Å². The first-order valence-electron chi connectivity index (χ1n) is 10.1. The summed E-state index contributed by atoms with van der Waals surface area (Å²) in [6.07, 6.45) is -3.27. The fourth-order valence-electron chi connectivity index (χ4n) is 3.77. The van der Waals surface area contributed by atoms with Crippen LogP contribution < -0.4 is 19.1 Å². The number of hydrogen-bond acceptors (Lipinski definition) is 6. The maximum Gasteiger partial charge on any atom is 0.573 e. The van der Waals surface area contributed by atoms with Crippen LogP contribution in [0.15, 0.2) is 30.3 Å². The molecule has 2 aromatic carbocycles. The summed E-state index contributed by atoms with van der Waals surface area (Å²) in [6.45, 7) is 2.28. The maximum absolute atomic E-state index is 14.5. The summed E-state index contributed by atoms with van der Waals surface area (Å²) in [6, 6.07) is 5.52. The molecule has 1 fully saturated rings. The lowest BCUT2D eigenvalue weighted by molar-refractivity contribution is -0.274. The van der Waals surface area contributed by atoms with E-state index in [9.17, 15) is 30.8 Å². The highest BCUT2D eigenvalue weighted by Crippen LogP contribution is 2.37. The molecule has 14 heteroatoms. The second-order valence-corrected chi connectivity index (χ2v) is 10.4. The normalized spacial score (nSPS) is 17.3. The number of sulfonamides is 1. The highest BCUT2D eigenvalue weighted by Gasteiger charge is 2.34. The van der Waals surface area contributed by atoms with E-state index in [4.69, 9.17) is 27.9 Å². The Balaban J connectivity index is 1.77. The van der Waals surface area contributed by atoms with Gasteiger partial charge in [0.15, 0.2) is 0 Å². The van der Waals surface area contributed by atoms with Gasteiger partial charge >= 0.3 is 6.36 Å². The summed E-state index contributed by atoms with van der Waals surface area (Å²) in [4.78, 5) is 13.9. The van der Waals surface area contributed by atoms with Crippen LogP contribution in [0.2, 0.25) is 10.0 Å². The van der Waals surface area contributed by atoms with Crippen LogP contribution in [0.1, 0.15) is 30.1 Å². The molecule has 0 saturated carbocycles. The zero-order chi connectivity index (χ0) is 26.1. The molecule has 35 heavy (non-hydrogen) atoms. The molecule has 7 nitrogen and oxygen atoms in total. The Morgan fingerprint density at radius 3 is 2.43 bits per heavy atom. The van der Waals surface area contributed by atoms with Crippen LogP contribution in [0.3, 0.4) is 0 Å². The van der Waals surface area contributed by atoms with E-state index >= 15 is 0 Å². The van der Waals surface area contributed by atoms with Crippen molar-refractivity contribution < 1.29 is 40.2 Å². The lowest BCUT2D eigenvalue weighted by Crippen LogP contribution is -2.40. The molecule has 3 rings (SSSR count). The second-order valence-electron chi connectivity index (χ2n) is 7.85. The average Bonchev–Trinajstić information content (AvgIpc) is 3.19. The lowest BCUT2D eigenvalue weighted by atomic mass is 10.1. The number of carbonyl (C=O) groups is 1. The first-order chi connectivity index (χ1) is 16.1. The van der Waals surface area contributed by atoms with Crippen molar-refractivity contribution in [3.05, 3.63) is 51.8 Å². The van der Waals surface area contributed by atoms with Crippen LogP contribution in [0.5, 0.6) is 11.5 Å². The Bertz CT molecular complexity index is 1230. The predicted octanol–water partition coefficient (Wildman–Crippen LogP) is 5.16. The van der Waals surface area contributed by atoms with Crippen molar-refractivity contribution in [2.45, 2.75) is 38.3 Å². The third-order valence-electron chi connectivity index (χ3n) is 5.17. The van der Waals surface area contributed by atoms with Gasteiger partial charge in [-0.05, 0) is 44.0 Å². The van der Waals surface area contributed by atoms with Gasteiger partial charge in [-0.25, -0.2) is 17.5 Å². The SMILES string of the molecule is C[C@@H](Oc1cc(F)c(C(=O)NS(C)(=O)=O)cc1Cl)C1CCCN1c1ccc(OC(F)(F)F)c(Cl)c1. The van der Waals surface area contributed by atoms with E-state index in [1.165, 1.54) is 12.1 Å². The number of nitrogens with one attached hydrogen (secondary N) is 1. The number of amides is 1. The molecule has 0 bridgehead atoms. The number of alkyl halides is 3. The number of ether oxygens (including phenoxy) is 2. The standard InChI is InChI=1S/C21H20Cl2F4N2O5S/c1-11(33-19-10-16(24)13(9-15(19)23)20(30)28-35(2,31)32)17-4-3-7-29(17)12-5-6-18(14(22)8-12)34-21(25,26)27/h5-6,8-11,17H,3-4,7H2,1-2H3,(H,28,30)/t11-,17?/m1/s1. The molecule has 0 spiro atoms. The second kappa shape index (κ2) is 10.3. The molecule has 1 N–H and O–H groups in total. The van der Waals surface area contributed by atoms with E-state index in [2.05, 4.69) is 4.74 Å². The van der Waals surface area contributed by atoms with Crippen LogP contribution in [0, 0.1) is 5.82 Å². The summed E-state index contributed by atoms with van der Waals surface area (Å²) >= 11 is 12.1. The summed E-state index contributed by atoms with van der Waals surface area (Å²) in [5.41, 5.74) is -0.0220. The molecule has 1 unspecified atom stereocenters. The maximum atomic E-state index is 14.5. The van der Waals surface area contributed by atoms with Crippen LogP contribution in [-0.4, -0.2) is 45.6 Å². The molecule has 0 radical (unpaired) electrons. The predicted molar refractivity (Wildman–Crippen MR) is 122 cm³/mol. The summed E-state index contributed by atoms with van der Waals surface area (Å²) in [5.74, 6) is -2.80. The average molecular weight is 559 g/mol. The number of rotatable bonds is 7. The van der Waals surface area contributed by atoms with Crippen molar-refractivity contribution in [3.8, 4) is 11.5 Å². The van der Waals surface area contributed by atoms with Gasteiger partial charge in [-0.2, -0.15) is 0 Å². The van der Waals surface area contributed by atoms with Crippen molar-refractivity contribution in [2.75, 3.05) is 17.7 Å².